The average Bonchev–Trinajstić information content (AvgIpc) is 3.97. The molecule has 1 radical (unpaired) electrons. The molecule has 2 aliphatic carbocycles. The summed E-state index contributed by atoms with van der Waals surface area (Å²) >= 11 is 7.73. The Kier molecular flexibility index (Phi) is 17.2. The standard InChI is InChI=1S/C23H25ClN3.2C9H6N4O4S.Co/c1-23(2)20-16-18(24)9-12-21(20)27(4)22(23)13-8-17-6-10-19(11-7-17)26(3)15-5-14-25;2*14-5-1-2-6(7(15)3-5)11-12-9-10-4-8(18-9)13(16)17;/h6-13,16H,5,15H2,1-4H3;2*1-4H,(H2,10,12,14,15);/q+1;;;/p-2. The topological polar surface area (TPSA) is 269 Å². The van der Waals surface area contributed by atoms with E-state index in [0.29, 0.717) is 6.42 Å². The second kappa shape index (κ2) is 22.3. The number of carbonyl (C=O) groups is 2. The first-order valence-corrected chi connectivity index (χ1v) is 20.3. The summed E-state index contributed by atoms with van der Waals surface area (Å²) in [5, 5.41) is 63.4. The van der Waals surface area contributed by atoms with Crippen LogP contribution in [0.3, 0.4) is 0 Å². The summed E-state index contributed by atoms with van der Waals surface area (Å²) in [5.41, 5.74) is 6.07. The smallest absolute Gasteiger partial charge is 0.319 e. The molecule has 0 fully saturated rings. The summed E-state index contributed by atoms with van der Waals surface area (Å²) in [6.45, 7) is 5.21. The number of rotatable bonds is 9. The number of nitriles is 1. The van der Waals surface area contributed by atoms with Gasteiger partial charge in [-0.3, -0.25) is 40.0 Å². The molecule has 0 spiro atoms. The number of hydrogen-bond donors (Lipinski definition) is 2. The SMILES string of the molecule is CN(CCC#N)c1ccc(/C=C/C2=[N+](C)c3ccc(Cl)cc3C2(C)C)cc1.O=C1C=CC(=NN=c2[n-]cc([N+](=O)[O-])s2)C(O)=C1.O=C1C=CC(=NN=c2[n-]cc([N+](=O)[O-])s2)C(O)=C1.[Co]. The van der Waals surface area contributed by atoms with Crippen LogP contribution in [0.2, 0.25) is 5.02 Å². The molecule has 0 unspecified atom stereocenters. The van der Waals surface area contributed by atoms with Gasteiger partial charge in [0.25, 0.3) is 0 Å². The third-order valence-electron chi connectivity index (χ3n) is 9.02. The number of anilines is 1. The maximum absolute atomic E-state index is 10.9. The van der Waals surface area contributed by atoms with Crippen molar-refractivity contribution < 1.29 is 51.0 Å². The van der Waals surface area contributed by atoms with Crippen molar-refractivity contribution >= 4 is 90.4 Å². The van der Waals surface area contributed by atoms with Gasteiger partial charge in [0.2, 0.25) is 5.69 Å². The Hall–Kier alpha value is -7.16. The Balaban J connectivity index is 0.000000216. The molecule has 4 aromatic rings. The van der Waals surface area contributed by atoms with Crippen molar-refractivity contribution in [1.29, 1.82) is 5.26 Å². The third-order valence-corrected chi connectivity index (χ3v) is 10.9. The Morgan fingerprint density at radius 1 is 0.859 bits per heavy atom. The number of allylic oxidation sites excluding steroid dienone is 7. The molecule has 0 atom stereocenters. The van der Waals surface area contributed by atoms with E-state index in [1.165, 1.54) is 41.3 Å². The molecule has 19 nitrogen and oxygen atoms in total. The number of aromatic nitrogens is 2. The number of nitro groups is 2. The largest absolute Gasteiger partial charge is 0.506 e. The quantitative estimate of drug-likeness (QED) is 0.0809. The Morgan fingerprint density at radius 3 is 1.83 bits per heavy atom. The van der Waals surface area contributed by atoms with Crippen molar-refractivity contribution in [2.24, 2.45) is 20.4 Å². The van der Waals surface area contributed by atoms with E-state index >= 15 is 0 Å². The first-order valence-electron chi connectivity index (χ1n) is 18.3. The van der Waals surface area contributed by atoms with Gasteiger partial charge in [0, 0.05) is 92.9 Å². The van der Waals surface area contributed by atoms with Crippen molar-refractivity contribution in [2.75, 3.05) is 25.5 Å². The molecule has 0 bridgehead atoms. The van der Waals surface area contributed by atoms with Crippen LogP contribution in [0.4, 0.5) is 21.4 Å². The maximum Gasteiger partial charge on any atom is 0.319 e. The zero-order valence-corrected chi connectivity index (χ0v) is 37.5. The van der Waals surface area contributed by atoms with E-state index in [2.05, 4.69) is 115 Å². The third kappa shape index (κ3) is 12.9. The van der Waals surface area contributed by atoms with E-state index < -0.39 is 9.85 Å². The normalized spacial score (nSPS) is 16.6. The van der Waals surface area contributed by atoms with Gasteiger partial charge in [-0.25, -0.2) is 0 Å². The number of carbonyl (C=O) groups excluding carboxylic acids is 2. The molecule has 0 saturated carbocycles. The Bertz CT molecular complexity index is 2790. The van der Waals surface area contributed by atoms with Crippen molar-refractivity contribution in [2.45, 2.75) is 25.7 Å². The minimum Gasteiger partial charge on any atom is -0.506 e. The van der Waals surface area contributed by atoms with Gasteiger partial charge in [-0.05, 0) is 74.1 Å². The van der Waals surface area contributed by atoms with Crippen molar-refractivity contribution in [3.05, 3.63) is 155 Å². The van der Waals surface area contributed by atoms with Crippen LogP contribution in [0.5, 0.6) is 0 Å². The van der Waals surface area contributed by atoms with Crippen molar-refractivity contribution in [1.82, 2.24) is 9.97 Å². The Labute approximate surface area is 387 Å². The molecule has 2 aromatic carbocycles. The zero-order chi connectivity index (χ0) is 45.8. The number of halogens is 1. The molecule has 0 saturated heterocycles. The van der Waals surface area contributed by atoms with Crippen LogP contribution >= 0.6 is 34.3 Å². The summed E-state index contributed by atoms with van der Waals surface area (Å²) in [7, 11) is 4.12. The van der Waals surface area contributed by atoms with E-state index in [0.717, 1.165) is 70.0 Å². The fourth-order valence-electron chi connectivity index (χ4n) is 5.81. The first-order chi connectivity index (χ1) is 30.0. The number of aliphatic hydroxyl groups excluding tert-OH is 2. The summed E-state index contributed by atoms with van der Waals surface area (Å²) in [6, 6.07) is 16.7. The fraction of sp³-hybridized carbons (Fsp3) is 0.171. The van der Waals surface area contributed by atoms with E-state index in [9.17, 15) is 40.0 Å². The van der Waals surface area contributed by atoms with Gasteiger partial charge >= 0.3 is 10.0 Å². The van der Waals surface area contributed by atoms with Gasteiger partial charge in [0.15, 0.2) is 17.3 Å². The summed E-state index contributed by atoms with van der Waals surface area (Å²) in [4.78, 5) is 51.0. The second-order valence-electron chi connectivity index (χ2n) is 13.7. The number of hydrogen-bond acceptors (Lipinski definition) is 16. The number of benzene rings is 2. The van der Waals surface area contributed by atoms with Gasteiger partial charge in [0.1, 0.15) is 30.0 Å². The van der Waals surface area contributed by atoms with Crippen LogP contribution in [0.25, 0.3) is 6.08 Å². The summed E-state index contributed by atoms with van der Waals surface area (Å²) in [5.74, 6) is -1.32. The molecule has 64 heavy (non-hydrogen) atoms. The molecular weight excluding hydrogens is 933 g/mol. The Morgan fingerprint density at radius 2 is 1.38 bits per heavy atom. The molecular formula is C41H35ClCoN11O8S2-. The van der Waals surface area contributed by atoms with Crippen LogP contribution in [0.1, 0.15) is 31.4 Å². The first kappa shape index (κ1) is 49.5. The fourth-order valence-corrected chi connectivity index (χ4v) is 7.09. The molecule has 3 heterocycles. The molecule has 3 aliphatic rings. The van der Waals surface area contributed by atoms with E-state index in [-0.39, 0.29) is 76.3 Å². The van der Waals surface area contributed by atoms with E-state index in [1.54, 1.807) is 0 Å². The predicted octanol–water partition coefficient (Wildman–Crippen LogP) is 6.31. The number of fused-ring (bicyclic) bond motifs is 1. The number of aliphatic hydroxyl groups is 2. The summed E-state index contributed by atoms with van der Waals surface area (Å²) < 4.78 is 2.24. The van der Waals surface area contributed by atoms with Crippen LogP contribution in [0, 0.1) is 31.6 Å². The molecule has 0 amide bonds. The average molecular weight is 968 g/mol. The molecule has 23 heteroatoms. The molecule has 1 aliphatic heterocycles. The van der Waals surface area contributed by atoms with Crippen LogP contribution in [-0.2, 0) is 31.8 Å². The minimum absolute atomic E-state index is 0. The summed E-state index contributed by atoms with van der Waals surface area (Å²) in [6.07, 6.45) is 14.0. The zero-order valence-electron chi connectivity index (χ0n) is 34.0. The number of thiazole rings is 2. The number of nitrogens with zero attached hydrogens (tertiary/aromatic N) is 11. The van der Waals surface area contributed by atoms with E-state index in [1.807, 2.05) is 13.1 Å². The van der Waals surface area contributed by atoms with Crippen molar-refractivity contribution in [3.63, 3.8) is 0 Å². The van der Waals surface area contributed by atoms with Crippen molar-refractivity contribution in [3.8, 4) is 6.07 Å². The predicted molar refractivity (Wildman–Crippen MR) is 239 cm³/mol. The monoisotopic (exact) mass is 967 g/mol. The second-order valence-corrected chi connectivity index (χ2v) is 16.1. The molecule has 331 valence electrons. The van der Waals surface area contributed by atoms with Gasteiger partial charge in [-0.2, -0.15) is 9.84 Å². The molecule has 2 aromatic heterocycles. The van der Waals surface area contributed by atoms with Gasteiger partial charge in [-0.15, -0.1) is 0 Å². The van der Waals surface area contributed by atoms with Crippen LogP contribution in [-0.4, -0.2) is 74.0 Å². The number of ketones is 2. The molecule has 2 N–H and O–H groups in total. The van der Waals surface area contributed by atoms with Crippen LogP contribution in [0.15, 0.2) is 129 Å². The minimum atomic E-state index is -0.583. The van der Waals surface area contributed by atoms with Crippen LogP contribution < -0.4 is 24.5 Å². The molecule has 7 rings (SSSR count). The maximum atomic E-state index is 10.9. The van der Waals surface area contributed by atoms with Gasteiger partial charge < -0.3 is 35.3 Å². The van der Waals surface area contributed by atoms with Gasteiger partial charge in [0.05, 0.1) is 27.8 Å². The van der Waals surface area contributed by atoms with Gasteiger partial charge in [-0.1, -0.05) is 46.4 Å². The van der Waals surface area contributed by atoms with E-state index in [4.69, 9.17) is 16.9 Å².